The molecular formula is C12H14N2O3. The second kappa shape index (κ2) is 4.55. The van der Waals surface area contributed by atoms with E-state index < -0.39 is 11.7 Å². The summed E-state index contributed by atoms with van der Waals surface area (Å²) in [5, 5.41) is 12.7. The van der Waals surface area contributed by atoms with Crippen molar-refractivity contribution in [3.05, 3.63) is 35.9 Å². The first-order chi connectivity index (χ1) is 8.15. The highest BCUT2D eigenvalue weighted by molar-refractivity contribution is 6.03. The van der Waals surface area contributed by atoms with Crippen LogP contribution < -0.4 is 5.32 Å². The van der Waals surface area contributed by atoms with Gasteiger partial charge in [0.25, 0.3) is 5.72 Å². The van der Waals surface area contributed by atoms with Gasteiger partial charge < -0.3 is 15.2 Å². The molecule has 0 fully saturated rings. The molecule has 1 atom stereocenters. The molecule has 1 aliphatic heterocycles. The molecule has 0 spiro atoms. The molecule has 5 heteroatoms. The summed E-state index contributed by atoms with van der Waals surface area (Å²) in [7, 11) is 0. The minimum Gasteiger partial charge on any atom is -0.462 e. The van der Waals surface area contributed by atoms with Crippen molar-refractivity contribution in [3.8, 4) is 0 Å². The third-order valence-corrected chi connectivity index (χ3v) is 2.45. The number of benzene rings is 1. The van der Waals surface area contributed by atoms with Gasteiger partial charge in [-0.1, -0.05) is 30.3 Å². The molecule has 2 rings (SSSR count). The van der Waals surface area contributed by atoms with Crippen molar-refractivity contribution < 1.29 is 14.6 Å². The Bertz CT molecular complexity index is 444. The molecule has 0 saturated heterocycles. The van der Waals surface area contributed by atoms with E-state index in [1.165, 1.54) is 0 Å². The van der Waals surface area contributed by atoms with Gasteiger partial charge in [0.1, 0.15) is 12.4 Å². The van der Waals surface area contributed by atoms with Gasteiger partial charge in [0, 0.05) is 5.56 Å². The summed E-state index contributed by atoms with van der Waals surface area (Å²) >= 11 is 0. The average molecular weight is 234 g/mol. The monoisotopic (exact) mass is 234 g/mol. The fourth-order valence-corrected chi connectivity index (χ4v) is 1.59. The largest absolute Gasteiger partial charge is 0.462 e. The fourth-order valence-electron chi connectivity index (χ4n) is 1.59. The SMILES string of the molecule is CCOC(=O)C1(O)CN=C(c2ccccc2)N1. The number of hydrogen-bond acceptors (Lipinski definition) is 5. The lowest BCUT2D eigenvalue weighted by Crippen LogP contribution is -2.53. The average Bonchev–Trinajstić information content (AvgIpc) is 2.75. The van der Waals surface area contributed by atoms with Gasteiger partial charge in [-0.2, -0.15) is 0 Å². The molecule has 1 unspecified atom stereocenters. The number of rotatable bonds is 3. The molecule has 0 saturated carbocycles. The van der Waals surface area contributed by atoms with Crippen LogP contribution in [0.1, 0.15) is 12.5 Å². The topological polar surface area (TPSA) is 70.9 Å². The third-order valence-electron chi connectivity index (χ3n) is 2.45. The van der Waals surface area contributed by atoms with Gasteiger partial charge in [-0.3, -0.25) is 4.99 Å². The van der Waals surface area contributed by atoms with Crippen LogP contribution in [-0.4, -0.2) is 35.8 Å². The van der Waals surface area contributed by atoms with Crippen LogP contribution in [0.5, 0.6) is 0 Å². The molecule has 5 nitrogen and oxygen atoms in total. The van der Waals surface area contributed by atoms with E-state index in [0.29, 0.717) is 5.84 Å². The van der Waals surface area contributed by atoms with Gasteiger partial charge in [-0.05, 0) is 6.92 Å². The Morgan fingerprint density at radius 3 is 2.88 bits per heavy atom. The first-order valence-electron chi connectivity index (χ1n) is 5.43. The Morgan fingerprint density at radius 2 is 2.24 bits per heavy atom. The Balaban J connectivity index is 2.11. The van der Waals surface area contributed by atoms with Crippen LogP contribution in [0.15, 0.2) is 35.3 Å². The number of nitrogens with zero attached hydrogens (tertiary/aromatic N) is 1. The van der Waals surface area contributed by atoms with E-state index in [2.05, 4.69) is 10.3 Å². The zero-order chi connectivity index (χ0) is 12.3. The summed E-state index contributed by atoms with van der Waals surface area (Å²) in [6.07, 6.45) is 0. The first kappa shape index (κ1) is 11.6. The van der Waals surface area contributed by atoms with E-state index in [9.17, 15) is 9.90 Å². The molecule has 0 aliphatic carbocycles. The van der Waals surface area contributed by atoms with Crippen molar-refractivity contribution in [3.63, 3.8) is 0 Å². The highest BCUT2D eigenvalue weighted by Gasteiger charge is 2.42. The van der Waals surface area contributed by atoms with E-state index in [1.54, 1.807) is 6.92 Å². The van der Waals surface area contributed by atoms with Gasteiger partial charge in [-0.15, -0.1) is 0 Å². The molecule has 0 aromatic heterocycles. The van der Waals surface area contributed by atoms with Gasteiger partial charge in [0.15, 0.2) is 0 Å². The summed E-state index contributed by atoms with van der Waals surface area (Å²) in [6.45, 7) is 1.88. The molecule has 0 amide bonds. The second-order valence-corrected chi connectivity index (χ2v) is 3.74. The lowest BCUT2D eigenvalue weighted by atomic mass is 10.2. The summed E-state index contributed by atoms with van der Waals surface area (Å²) in [6, 6.07) is 9.31. The summed E-state index contributed by atoms with van der Waals surface area (Å²) in [5.74, 6) is -0.198. The van der Waals surface area contributed by atoms with Crippen LogP contribution in [0.4, 0.5) is 0 Å². The highest BCUT2D eigenvalue weighted by Crippen LogP contribution is 2.14. The normalized spacial score (nSPS) is 22.8. The van der Waals surface area contributed by atoms with E-state index in [4.69, 9.17) is 4.74 Å². The maximum Gasteiger partial charge on any atom is 0.361 e. The minimum absolute atomic E-state index is 0.0317. The van der Waals surface area contributed by atoms with Crippen molar-refractivity contribution in [2.45, 2.75) is 12.6 Å². The first-order valence-corrected chi connectivity index (χ1v) is 5.43. The van der Waals surface area contributed by atoms with Crippen LogP contribution in [0.25, 0.3) is 0 Å². The summed E-state index contributed by atoms with van der Waals surface area (Å²) in [5.41, 5.74) is -0.908. The van der Waals surface area contributed by atoms with Crippen LogP contribution in [0, 0.1) is 0 Å². The number of carbonyl (C=O) groups is 1. The Kier molecular flexibility index (Phi) is 3.10. The van der Waals surface area contributed by atoms with Crippen molar-refractivity contribution in [1.82, 2.24) is 5.32 Å². The lowest BCUT2D eigenvalue weighted by molar-refractivity contribution is -0.164. The minimum atomic E-state index is -1.73. The third kappa shape index (κ3) is 2.29. The summed E-state index contributed by atoms with van der Waals surface area (Å²) < 4.78 is 4.79. The molecule has 0 bridgehead atoms. The lowest BCUT2D eigenvalue weighted by Gasteiger charge is -2.20. The van der Waals surface area contributed by atoms with Crippen molar-refractivity contribution in [1.29, 1.82) is 0 Å². The van der Waals surface area contributed by atoms with Crippen LogP contribution in [0.2, 0.25) is 0 Å². The Labute approximate surface area is 99.1 Å². The smallest absolute Gasteiger partial charge is 0.361 e. The van der Waals surface area contributed by atoms with E-state index in [1.807, 2.05) is 30.3 Å². The molecule has 17 heavy (non-hydrogen) atoms. The van der Waals surface area contributed by atoms with E-state index >= 15 is 0 Å². The zero-order valence-corrected chi connectivity index (χ0v) is 9.51. The number of nitrogens with one attached hydrogen (secondary N) is 1. The predicted octanol–water partition coefficient (Wildman–Crippen LogP) is 0.288. The van der Waals surface area contributed by atoms with Crippen molar-refractivity contribution >= 4 is 11.8 Å². The number of aliphatic imine (C=N–C) groups is 1. The number of aliphatic hydroxyl groups is 1. The molecule has 1 aliphatic rings. The molecule has 1 aromatic rings. The van der Waals surface area contributed by atoms with Crippen LogP contribution in [0.3, 0.4) is 0 Å². The van der Waals surface area contributed by atoms with Gasteiger partial charge in [-0.25, -0.2) is 4.79 Å². The van der Waals surface area contributed by atoms with Gasteiger partial charge >= 0.3 is 5.97 Å². The van der Waals surface area contributed by atoms with Crippen LogP contribution in [-0.2, 0) is 9.53 Å². The van der Waals surface area contributed by atoms with Crippen molar-refractivity contribution in [2.24, 2.45) is 4.99 Å². The second-order valence-electron chi connectivity index (χ2n) is 3.74. The van der Waals surface area contributed by atoms with Gasteiger partial charge in [0.2, 0.25) is 0 Å². The van der Waals surface area contributed by atoms with E-state index in [-0.39, 0.29) is 13.2 Å². The molecule has 1 heterocycles. The number of esters is 1. The molecule has 90 valence electrons. The van der Waals surface area contributed by atoms with Gasteiger partial charge in [0.05, 0.1) is 6.61 Å². The van der Waals surface area contributed by atoms with Crippen molar-refractivity contribution in [2.75, 3.05) is 13.2 Å². The number of amidine groups is 1. The number of carbonyl (C=O) groups excluding carboxylic acids is 1. The maximum absolute atomic E-state index is 11.5. The van der Waals surface area contributed by atoms with E-state index in [0.717, 1.165) is 5.56 Å². The summed E-state index contributed by atoms with van der Waals surface area (Å²) in [4.78, 5) is 15.7. The zero-order valence-electron chi connectivity index (χ0n) is 9.51. The Hall–Kier alpha value is -1.88. The highest BCUT2D eigenvalue weighted by atomic mass is 16.6. The predicted molar refractivity (Wildman–Crippen MR) is 62.6 cm³/mol. The molecule has 1 aromatic carbocycles. The molecule has 0 radical (unpaired) electrons. The van der Waals surface area contributed by atoms with Crippen LogP contribution >= 0.6 is 0 Å². The fraction of sp³-hybridized carbons (Fsp3) is 0.333. The Morgan fingerprint density at radius 1 is 1.53 bits per heavy atom. The molecule has 2 N–H and O–H groups in total. The quantitative estimate of drug-likeness (QED) is 0.737. The number of ether oxygens (including phenoxy) is 1. The standard InChI is InChI=1S/C12H14N2O3/c1-2-17-11(15)12(16)8-13-10(14-12)9-6-4-3-5-7-9/h3-7,16H,2,8H2,1H3,(H,13,14). The number of hydrogen-bond donors (Lipinski definition) is 2. The molecular weight excluding hydrogens is 220 g/mol. The maximum atomic E-state index is 11.5.